The average molecular weight is 751 g/mol. The Labute approximate surface area is 296 Å². The highest BCUT2D eigenvalue weighted by atomic mass is 32.2. The lowest BCUT2D eigenvalue weighted by molar-refractivity contribution is -0.182. The van der Waals surface area contributed by atoms with Crippen LogP contribution in [-0.4, -0.2) is 79.4 Å². The van der Waals surface area contributed by atoms with Gasteiger partial charge in [0.25, 0.3) is 5.91 Å². The number of halogens is 7. The van der Waals surface area contributed by atoms with Crippen molar-refractivity contribution in [1.82, 2.24) is 20.1 Å². The fraction of sp³-hybridized carbons (Fsp3) is 0.405. The van der Waals surface area contributed by atoms with Gasteiger partial charge in [-0.05, 0) is 80.7 Å². The molecule has 0 bridgehead atoms. The number of likely N-dealkylation sites (tertiary alicyclic amines) is 2. The highest BCUT2D eigenvalue weighted by Gasteiger charge is 2.48. The number of fused-ring (bicyclic) bond motifs is 1. The van der Waals surface area contributed by atoms with Gasteiger partial charge in [0.15, 0.2) is 15.9 Å². The fourth-order valence-corrected chi connectivity index (χ4v) is 8.03. The second-order valence-corrected chi connectivity index (χ2v) is 15.4. The summed E-state index contributed by atoms with van der Waals surface area (Å²) in [6.45, 7) is 0.0739. The molecule has 0 radical (unpaired) electrons. The van der Waals surface area contributed by atoms with E-state index < -0.39 is 46.9 Å². The Morgan fingerprint density at radius 1 is 0.923 bits per heavy atom. The normalized spacial score (nSPS) is 18.9. The van der Waals surface area contributed by atoms with Gasteiger partial charge in [-0.2, -0.15) is 26.3 Å². The summed E-state index contributed by atoms with van der Waals surface area (Å²) >= 11 is 0. The third kappa shape index (κ3) is 8.11. The van der Waals surface area contributed by atoms with Crippen LogP contribution in [0, 0.1) is 0 Å². The van der Waals surface area contributed by atoms with Gasteiger partial charge >= 0.3 is 12.4 Å². The van der Waals surface area contributed by atoms with Gasteiger partial charge in [-0.25, -0.2) is 17.8 Å². The predicted molar refractivity (Wildman–Crippen MR) is 182 cm³/mol. The minimum atomic E-state index is -4.91. The van der Waals surface area contributed by atoms with E-state index in [1.54, 1.807) is 18.2 Å². The van der Waals surface area contributed by atoms with Crippen LogP contribution in [-0.2, 0) is 23.1 Å². The van der Waals surface area contributed by atoms with Crippen LogP contribution in [0.3, 0.4) is 0 Å². The summed E-state index contributed by atoms with van der Waals surface area (Å²) in [5, 5.41) is 2.14. The predicted octanol–water partition coefficient (Wildman–Crippen LogP) is 7.80. The van der Waals surface area contributed by atoms with Crippen molar-refractivity contribution in [2.24, 2.45) is 0 Å². The van der Waals surface area contributed by atoms with E-state index in [-0.39, 0.29) is 62.8 Å². The molecule has 6 rings (SSSR count). The fourth-order valence-electron chi connectivity index (χ4n) is 7.38. The number of sulfone groups is 1. The van der Waals surface area contributed by atoms with Crippen LogP contribution in [0.5, 0.6) is 0 Å². The van der Waals surface area contributed by atoms with Crippen LogP contribution in [0.4, 0.5) is 30.7 Å². The molecule has 1 amide bonds. The molecule has 52 heavy (non-hydrogen) atoms. The highest BCUT2D eigenvalue weighted by Crippen LogP contribution is 2.39. The van der Waals surface area contributed by atoms with Gasteiger partial charge in [0.1, 0.15) is 12.7 Å². The molecule has 0 spiro atoms. The number of rotatable bonds is 9. The third-order valence-electron chi connectivity index (χ3n) is 9.88. The van der Waals surface area contributed by atoms with Crippen molar-refractivity contribution in [3.63, 3.8) is 0 Å². The quantitative estimate of drug-likeness (QED) is 0.176. The monoisotopic (exact) mass is 750 g/mol. The standard InChI is InChI=1S/C37H37F7N4O3S/c1-52(50,51)27-12-13-30-28(20-27)32(35(49)46-34(37(42,43)44)24-8-3-2-4-9-24)29(33(45-30)25-10-5-7-23(19-25)21-38)22-47-17-14-26(15-18-47)48-16-6-11-31(48)36(39,40)41/h2-5,7-10,12-13,19-20,26,31,34H,6,11,14-18,21-22H2,1H3,(H,46,49)/t31?,34-/m1/s1. The summed E-state index contributed by atoms with van der Waals surface area (Å²) in [6, 6.07) is 12.7. The number of carbonyl (C=O) groups excluding carboxylic acids is 1. The summed E-state index contributed by atoms with van der Waals surface area (Å²) in [5.41, 5.74) is 0.684. The molecule has 0 saturated carbocycles. The Hall–Kier alpha value is -4.08. The van der Waals surface area contributed by atoms with Crippen molar-refractivity contribution >= 4 is 26.6 Å². The number of pyridine rings is 1. The Balaban J connectivity index is 1.47. The van der Waals surface area contributed by atoms with Crippen LogP contribution in [0.1, 0.15) is 58.8 Å². The van der Waals surface area contributed by atoms with Crippen molar-refractivity contribution in [2.75, 3.05) is 25.9 Å². The molecular weight excluding hydrogens is 713 g/mol. The number of carbonyl (C=O) groups is 1. The summed E-state index contributed by atoms with van der Waals surface area (Å²) in [6.07, 6.45) is -7.08. The number of nitrogens with zero attached hydrogens (tertiary/aromatic N) is 3. The largest absolute Gasteiger partial charge is 0.412 e. The molecule has 2 aliphatic heterocycles. The van der Waals surface area contributed by atoms with E-state index in [9.17, 15) is 43.9 Å². The zero-order valence-electron chi connectivity index (χ0n) is 28.1. The number of alkyl halides is 7. The molecule has 1 N–H and O–H groups in total. The van der Waals surface area contributed by atoms with Crippen molar-refractivity contribution in [3.05, 3.63) is 95.1 Å². The van der Waals surface area contributed by atoms with Crippen molar-refractivity contribution in [2.45, 2.75) is 74.3 Å². The van der Waals surface area contributed by atoms with E-state index in [1.165, 1.54) is 59.5 Å². The maximum absolute atomic E-state index is 14.6. The minimum Gasteiger partial charge on any atom is -0.337 e. The molecule has 3 heterocycles. The van der Waals surface area contributed by atoms with E-state index in [0.717, 1.165) is 6.26 Å². The first-order valence-electron chi connectivity index (χ1n) is 16.8. The van der Waals surface area contributed by atoms with Gasteiger partial charge < -0.3 is 5.32 Å². The van der Waals surface area contributed by atoms with Crippen LogP contribution in [0.15, 0.2) is 77.7 Å². The van der Waals surface area contributed by atoms with Gasteiger partial charge in [-0.3, -0.25) is 14.6 Å². The lowest BCUT2D eigenvalue weighted by atomic mass is 9.93. The van der Waals surface area contributed by atoms with E-state index >= 15 is 0 Å². The molecular formula is C37H37F7N4O3S. The zero-order chi connectivity index (χ0) is 37.4. The highest BCUT2D eigenvalue weighted by molar-refractivity contribution is 7.90. The number of amides is 1. The van der Waals surface area contributed by atoms with Gasteiger partial charge in [0.2, 0.25) is 0 Å². The van der Waals surface area contributed by atoms with E-state index in [4.69, 9.17) is 4.98 Å². The van der Waals surface area contributed by atoms with Gasteiger partial charge in [-0.15, -0.1) is 0 Å². The van der Waals surface area contributed by atoms with E-state index in [2.05, 4.69) is 5.32 Å². The molecule has 15 heteroatoms. The molecule has 2 fully saturated rings. The average Bonchev–Trinajstić information content (AvgIpc) is 3.61. The SMILES string of the molecule is CS(=O)(=O)c1ccc2nc(-c3cccc(CF)c3)c(CN3CCC(N4CCCC4C(F)(F)F)CC3)c(C(=O)N[C@H](c3ccccc3)C(F)(F)F)c2c1. The molecule has 4 aromatic rings. The number of benzene rings is 3. The number of aromatic nitrogens is 1. The topological polar surface area (TPSA) is 82.6 Å². The van der Waals surface area contributed by atoms with E-state index in [1.807, 2.05) is 4.90 Å². The lowest BCUT2D eigenvalue weighted by Gasteiger charge is -2.40. The molecule has 3 aromatic carbocycles. The van der Waals surface area contributed by atoms with Crippen LogP contribution in [0.25, 0.3) is 22.2 Å². The zero-order valence-corrected chi connectivity index (χ0v) is 29.0. The summed E-state index contributed by atoms with van der Waals surface area (Å²) in [5.74, 6) is -1.14. The van der Waals surface area contributed by atoms with Gasteiger partial charge in [0.05, 0.1) is 21.7 Å². The lowest BCUT2D eigenvalue weighted by Crippen LogP contribution is -2.50. The van der Waals surface area contributed by atoms with E-state index in [0.29, 0.717) is 44.5 Å². The Bertz CT molecular complexity index is 2030. The molecule has 0 aliphatic carbocycles. The minimum absolute atomic E-state index is 0.00483. The third-order valence-corrected chi connectivity index (χ3v) is 11.0. The van der Waals surface area contributed by atoms with Crippen molar-refractivity contribution in [3.8, 4) is 11.3 Å². The molecule has 7 nitrogen and oxygen atoms in total. The van der Waals surface area contributed by atoms with Gasteiger partial charge in [0, 0.05) is 35.4 Å². The van der Waals surface area contributed by atoms with Crippen LogP contribution >= 0.6 is 0 Å². The molecule has 1 unspecified atom stereocenters. The number of piperidine rings is 1. The number of hydrogen-bond acceptors (Lipinski definition) is 6. The van der Waals surface area contributed by atoms with Crippen LogP contribution < -0.4 is 5.32 Å². The maximum atomic E-state index is 14.6. The smallest absolute Gasteiger partial charge is 0.337 e. The maximum Gasteiger partial charge on any atom is 0.412 e. The Morgan fingerprint density at radius 2 is 1.63 bits per heavy atom. The molecule has 2 aliphatic rings. The molecule has 1 aromatic heterocycles. The van der Waals surface area contributed by atoms with Crippen molar-refractivity contribution in [1.29, 1.82) is 0 Å². The first kappa shape index (κ1) is 37.7. The summed E-state index contributed by atoms with van der Waals surface area (Å²) in [7, 11) is -3.84. The second kappa shape index (κ2) is 14.7. The number of hydrogen-bond donors (Lipinski definition) is 1. The summed E-state index contributed by atoms with van der Waals surface area (Å²) < 4.78 is 124. The Morgan fingerprint density at radius 3 is 2.27 bits per heavy atom. The molecule has 278 valence electrons. The van der Waals surface area contributed by atoms with Crippen molar-refractivity contribution < 1.29 is 43.9 Å². The van der Waals surface area contributed by atoms with Crippen LogP contribution in [0.2, 0.25) is 0 Å². The first-order chi connectivity index (χ1) is 24.5. The number of nitrogens with one attached hydrogen (secondary N) is 1. The second-order valence-electron chi connectivity index (χ2n) is 13.4. The summed E-state index contributed by atoms with van der Waals surface area (Å²) in [4.78, 5) is 22.4. The Kier molecular flexibility index (Phi) is 10.7. The van der Waals surface area contributed by atoms with Gasteiger partial charge in [-0.1, -0.05) is 48.5 Å². The molecule has 2 saturated heterocycles. The molecule has 2 atom stereocenters. The first-order valence-corrected chi connectivity index (χ1v) is 18.7.